The molecule has 1 aromatic carbocycles. The molecule has 0 aliphatic heterocycles. The Bertz CT molecular complexity index is 327. The Labute approximate surface area is 77.8 Å². The van der Waals surface area contributed by atoms with Gasteiger partial charge < -0.3 is 4.74 Å². The van der Waals surface area contributed by atoms with Crippen LogP contribution in [0.1, 0.15) is 18.1 Å². The molecule has 0 spiro atoms. The molecule has 1 aromatic rings. The van der Waals surface area contributed by atoms with Gasteiger partial charge in [0.25, 0.3) is 6.47 Å². The van der Waals surface area contributed by atoms with Gasteiger partial charge in [-0.1, -0.05) is 24.3 Å². The molecule has 2 heteroatoms. The fourth-order valence-corrected chi connectivity index (χ4v) is 1.19. The minimum Gasteiger partial charge on any atom is -0.428 e. The molecule has 1 rings (SSSR count). The molecule has 0 heterocycles. The van der Waals surface area contributed by atoms with Crippen LogP contribution in [-0.4, -0.2) is 6.47 Å². The quantitative estimate of drug-likeness (QED) is 0.661. The van der Waals surface area contributed by atoms with Crippen LogP contribution < -0.4 is 4.74 Å². The van der Waals surface area contributed by atoms with E-state index in [9.17, 15) is 4.79 Å². The summed E-state index contributed by atoms with van der Waals surface area (Å²) in [6, 6.07) is 5.62. The van der Waals surface area contributed by atoms with E-state index >= 15 is 0 Å². The second-order valence-electron chi connectivity index (χ2n) is 2.70. The van der Waals surface area contributed by atoms with Gasteiger partial charge in [0.1, 0.15) is 5.75 Å². The Morgan fingerprint density at radius 3 is 2.77 bits per heavy atom. The van der Waals surface area contributed by atoms with Gasteiger partial charge in [0.05, 0.1) is 0 Å². The van der Waals surface area contributed by atoms with E-state index in [1.165, 1.54) is 0 Å². The second-order valence-corrected chi connectivity index (χ2v) is 2.70. The normalized spacial score (nSPS) is 10.3. The number of hydrogen-bond acceptors (Lipinski definition) is 2. The van der Waals surface area contributed by atoms with Crippen LogP contribution in [0.25, 0.3) is 6.08 Å². The molecule has 68 valence electrons. The molecule has 0 bridgehead atoms. The van der Waals surface area contributed by atoms with E-state index in [0.29, 0.717) is 12.2 Å². The summed E-state index contributed by atoms with van der Waals surface area (Å²) in [7, 11) is 0. The van der Waals surface area contributed by atoms with Crippen LogP contribution in [0.2, 0.25) is 0 Å². The van der Waals surface area contributed by atoms with Gasteiger partial charge in [-0.25, -0.2) is 0 Å². The second kappa shape index (κ2) is 4.45. The first-order chi connectivity index (χ1) is 6.29. The molecular weight excluding hydrogens is 164 g/mol. The Kier molecular flexibility index (Phi) is 3.26. The summed E-state index contributed by atoms with van der Waals surface area (Å²) in [6.45, 7) is 4.35. The molecule has 0 atom stereocenters. The van der Waals surface area contributed by atoms with Crippen LogP contribution in [0.15, 0.2) is 24.3 Å². The van der Waals surface area contributed by atoms with Crippen molar-refractivity contribution in [3.63, 3.8) is 0 Å². The molecule has 13 heavy (non-hydrogen) atoms. The minimum absolute atomic E-state index is 0.446. The highest BCUT2D eigenvalue weighted by molar-refractivity contribution is 5.63. The summed E-state index contributed by atoms with van der Waals surface area (Å²) in [5.41, 5.74) is 2.05. The van der Waals surface area contributed by atoms with Crippen LogP contribution in [0.3, 0.4) is 0 Å². The molecule has 0 fully saturated rings. The zero-order chi connectivity index (χ0) is 9.68. The number of carbonyl (C=O) groups is 1. The number of ether oxygens (including phenoxy) is 1. The molecule has 0 aliphatic carbocycles. The van der Waals surface area contributed by atoms with Crippen molar-refractivity contribution in [3.8, 4) is 5.75 Å². The van der Waals surface area contributed by atoms with Crippen LogP contribution in [-0.2, 0) is 4.79 Å². The highest BCUT2D eigenvalue weighted by Crippen LogP contribution is 2.22. The lowest BCUT2D eigenvalue weighted by Crippen LogP contribution is -1.92. The van der Waals surface area contributed by atoms with Crippen molar-refractivity contribution in [3.05, 3.63) is 35.4 Å². The molecule has 2 nitrogen and oxygen atoms in total. The van der Waals surface area contributed by atoms with Crippen LogP contribution in [0.5, 0.6) is 5.75 Å². The first kappa shape index (κ1) is 9.52. The van der Waals surface area contributed by atoms with Gasteiger partial charge in [-0.05, 0) is 25.5 Å². The Balaban J connectivity index is 3.16. The highest BCUT2D eigenvalue weighted by atomic mass is 16.5. The zero-order valence-electron chi connectivity index (χ0n) is 7.78. The highest BCUT2D eigenvalue weighted by Gasteiger charge is 2.02. The summed E-state index contributed by atoms with van der Waals surface area (Å²) in [5, 5.41) is 0. The third kappa shape index (κ3) is 2.18. The fourth-order valence-electron chi connectivity index (χ4n) is 1.19. The summed E-state index contributed by atoms with van der Waals surface area (Å²) in [6.07, 6.45) is 3.84. The van der Waals surface area contributed by atoms with Crippen molar-refractivity contribution in [1.29, 1.82) is 0 Å². The third-order valence-electron chi connectivity index (χ3n) is 1.79. The van der Waals surface area contributed by atoms with Crippen molar-refractivity contribution < 1.29 is 9.53 Å². The van der Waals surface area contributed by atoms with Crippen molar-refractivity contribution in [1.82, 2.24) is 0 Å². The van der Waals surface area contributed by atoms with Gasteiger partial charge >= 0.3 is 0 Å². The average Bonchev–Trinajstić information content (AvgIpc) is 2.11. The van der Waals surface area contributed by atoms with E-state index in [4.69, 9.17) is 4.74 Å². The lowest BCUT2D eigenvalue weighted by Gasteiger charge is -2.05. The molecule has 0 radical (unpaired) electrons. The summed E-state index contributed by atoms with van der Waals surface area (Å²) in [4.78, 5) is 10.2. The van der Waals surface area contributed by atoms with E-state index in [-0.39, 0.29) is 0 Å². The largest absolute Gasteiger partial charge is 0.428 e. The van der Waals surface area contributed by atoms with E-state index < -0.39 is 0 Å². The Morgan fingerprint density at radius 2 is 2.15 bits per heavy atom. The molecule has 0 unspecified atom stereocenters. The first-order valence-electron chi connectivity index (χ1n) is 4.12. The first-order valence-corrected chi connectivity index (χ1v) is 4.12. The third-order valence-corrected chi connectivity index (χ3v) is 1.79. The predicted octanol–water partition coefficient (Wildman–Crippen LogP) is 2.56. The van der Waals surface area contributed by atoms with E-state index in [1.54, 1.807) is 6.07 Å². The standard InChI is InChI=1S/C11H12O2/c1-3-5-10-9(2)6-4-7-11(10)13-8-12/h3-8H,1-2H3/b5-3-. The number of allylic oxidation sites excluding steroid dienone is 1. The van der Waals surface area contributed by atoms with Crippen LogP contribution in [0, 0.1) is 6.92 Å². The predicted molar refractivity (Wildman–Crippen MR) is 52.6 cm³/mol. The average molecular weight is 176 g/mol. The van der Waals surface area contributed by atoms with Crippen LogP contribution in [0.4, 0.5) is 0 Å². The topological polar surface area (TPSA) is 26.3 Å². The van der Waals surface area contributed by atoms with Crippen molar-refractivity contribution in [2.75, 3.05) is 0 Å². The fraction of sp³-hybridized carbons (Fsp3) is 0.182. The van der Waals surface area contributed by atoms with Crippen molar-refractivity contribution in [2.24, 2.45) is 0 Å². The summed E-state index contributed by atoms with van der Waals surface area (Å²) >= 11 is 0. The van der Waals surface area contributed by atoms with Gasteiger partial charge in [0, 0.05) is 5.56 Å². The van der Waals surface area contributed by atoms with Crippen molar-refractivity contribution in [2.45, 2.75) is 13.8 Å². The maximum atomic E-state index is 10.2. The van der Waals surface area contributed by atoms with Crippen molar-refractivity contribution >= 4 is 12.5 Å². The van der Waals surface area contributed by atoms with E-state index in [1.807, 2.05) is 38.1 Å². The number of aryl methyl sites for hydroxylation is 1. The maximum Gasteiger partial charge on any atom is 0.298 e. The Hall–Kier alpha value is -1.57. The maximum absolute atomic E-state index is 10.2. The number of carbonyl (C=O) groups excluding carboxylic acids is 1. The molecule has 0 aromatic heterocycles. The molecule has 0 saturated carbocycles. The van der Waals surface area contributed by atoms with E-state index in [2.05, 4.69) is 0 Å². The number of benzene rings is 1. The lowest BCUT2D eigenvalue weighted by molar-refractivity contribution is -0.120. The smallest absolute Gasteiger partial charge is 0.298 e. The SMILES string of the molecule is C/C=C\c1c(C)cccc1OC=O. The number of hydrogen-bond donors (Lipinski definition) is 0. The number of rotatable bonds is 3. The Morgan fingerprint density at radius 1 is 1.38 bits per heavy atom. The van der Waals surface area contributed by atoms with E-state index in [0.717, 1.165) is 11.1 Å². The van der Waals surface area contributed by atoms with Crippen LogP contribution >= 0.6 is 0 Å². The van der Waals surface area contributed by atoms with Gasteiger partial charge in [0.2, 0.25) is 0 Å². The lowest BCUT2D eigenvalue weighted by atomic mass is 10.1. The molecular formula is C11H12O2. The van der Waals surface area contributed by atoms with Gasteiger partial charge in [0.15, 0.2) is 0 Å². The van der Waals surface area contributed by atoms with Gasteiger partial charge in [-0.15, -0.1) is 0 Å². The minimum atomic E-state index is 0.446. The molecule has 0 amide bonds. The molecule has 0 N–H and O–H groups in total. The zero-order valence-corrected chi connectivity index (χ0v) is 7.78. The molecule has 0 aliphatic rings. The van der Waals surface area contributed by atoms with Gasteiger partial charge in [-0.2, -0.15) is 0 Å². The monoisotopic (exact) mass is 176 g/mol. The van der Waals surface area contributed by atoms with Gasteiger partial charge in [-0.3, -0.25) is 4.79 Å². The summed E-state index contributed by atoms with van der Waals surface area (Å²) in [5.74, 6) is 0.605. The molecule has 0 saturated heterocycles. The summed E-state index contributed by atoms with van der Waals surface area (Å²) < 4.78 is 4.84.